The Morgan fingerprint density at radius 2 is 1.94 bits per heavy atom. The lowest BCUT2D eigenvalue weighted by Gasteiger charge is -2.39. The second kappa shape index (κ2) is 7.13. The molecule has 1 unspecified atom stereocenters. The van der Waals surface area contributed by atoms with Gasteiger partial charge < -0.3 is 10.1 Å². The Balaban J connectivity index is 3.13. The first-order chi connectivity index (χ1) is 8.63. The Bertz CT molecular complexity index is 363. The minimum Gasteiger partial charge on any atom is -0.373 e. The number of rotatable bonds is 7. The van der Waals surface area contributed by atoms with E-state index in [0.29, 0.717) is 0 Å². The van der Waals surface area contributed by atoms with Crippen LogP contribution in [0.1, 0.15) is 45.2 Å². The van der Waals surface area contributed by atoms with Crippen LogP contribution in [0.2, 0.25) is 5.02 Å². The summed E-state index contributed by atoms with van der Waals surface area (Å²) in [6.45, 7) is 7.12. The summed E-state index contributed by atoms with van der Waals surface area (Å²) in [7, 11) is 1.98. The fourth-order valence-corrected chi connectivity index (χ4v) is 2.85. The van der Waals surface area contributed by atoms with Gasteiger partial charge in [0.15, 0.2) is 0 Å². The smallest absolute Gasteiger partial charge is 0.0870 e. The van der Waals surface area contributed by atoms with Gasteiger partial charge in [-0.3, -0.25) is 0 Å². The van der Waals surface area contributed by atoms with E-state index in [1.807, 2.05) is 32.2 Å². The molecular weight excluding hydrogens is 246 g/mol. The second-order valence-electron chi connectivity index (χ2n) is 4.48. The molecule has 102 valence electrons. The normalized spacial score (nSPS) is 13.6. The van der Waals surface area contributed by atoms with Crippen molar-refractivity contribution in [1.82, 2.24) is 5.32 Å². The van der Waals surface area contributed by atoms with Crippen LogP contribution in [-0.2, 0) is 4.74 Å². The minimum absolute atomic E-state index is 0.158. The van der Waals surface area contributed by atoms with Crippen LogP contribution in [0.15, 0.2) is 24.3 Å². The summed E-state index contributed by atoms with van der Waals surface area (Å²) in [4.78, 5) is 0. The van der Waals surface area contributed by atoms with E-state index in [9.17, 15) is 0 Å². The molecule has 0 spiro atoms. The van der Waals surface area contributed by atoms with Crippen molar-refractivity contribution in [2.75, 3.05) is 13.7 Å². The van der Waals surface area contributed by atoms with Gasteiger partial charge in [-0.15, -0.1) is 0 Å². The zero-order valence-electron chi connectivity index (χ0n) is 11.8. The van der Waals surface area contributed by atoms with Gasteiger partial charge in [-0.1, -0.05) is 37.6 Å². The summed E-state index contributed by atoms with van der Waals surface area (Å²) in [5.41, 5.74) is 1.01. The first-order valence-corrected chi connectivity index (χ1v) is 7.08. The van der Waals surface area contributed by atoms with Crippen LogP contribution in [0.5, 0.6) is 0 Å². The van der Waals surface area contributed by atoms with Crippen LogP contribution >= 0.6 is 11.6 Å². The first-order valence-electron chi connectivity index (χ1n) is 6.70. The van der Waals surface area contributed by atoms with Crippen LogP contribution in [0, 0.1) is 0 Å². The second-order valence-corrected chi connectivity index (χ2v) is 4.92. The molecule has 1 N–H and O–H groups in total. The van der Waals surface area contributed by atoms with Gasteiger partial charge in [-0.2, -0.15) is 0 Å². The van der Waals surface area contributed by atoms with Crippen molar-refractivity contribution < 1.29 is 4.74 Å². The summed E-state index contributed by atoms with van der Waals surface area (Å²) in [5.74, 6) is 0. The lowest BCUT2D eigenvalue weighted by Crippen LogP contribution is -2.44. The van der Waals surface area contributed by atoms with Crippen molar-refractivity contribution in [2.24, 2.45) is 0 Å². The van der Waals surface area contributed by atoms with E-state index in [1.54, 1.807) is 0 Å². The topological polar surface area (TPSA) is 21.3 Å². The molecule has 1 atom stereocenters. The van der Waals surface area contributed by atoms with Crippen LogP contribution in [0.4, 0.5) is 0 Å². The lowest BCUT2D eigenvalue weighted by atomic mass is 9.84. The molecule has 0 bridgehead atoms. The van der Waals surface area contributed by atoms with Gasteiger partial charge in [0.1, 0.15) is 0 Å². The highest BCUT2D eigenvalue weighted by molar-refractivity contribution is 6.30. The molecule has 0 aliphatic carbocycles. The van der Waals surface area contributed by atoms with Gasteiger partial charge in [0, 0.05) is 11.6 Å². The van der Waals surface area contributed by atoms with Crippen LogP contribution in [0.3, 0.4) is 0 Å². The average Bonchev–Trinajstić information content (AvgIpc) is 2.38. The molecule has 18 heavy (non-hydrogen) atoms. The highest BCUT2D eigenvalue weighted by Crippen LogP contribution is 2.35. The monoisotopic (exact) mass is 269 g/mol. The molecule has 0 aliphatic heterocycles. The summed E-state index contributed by atoms with van der Waals surface area (Å²) in [6, 6.07) is 8.17. The zero-order valence-corrected chi connectivity index (χ0v) is 12.6. The number of hydrogen-bond donors (Lipinski definition) is 1. The van der Waals surface area contributed by atoms with Crippen LogP contribution in [0.25, 0.3) is 0 Å². The number of hydrogen-bond acceptors (Lipinski definition) is 2. The number of benzene rings is 1. The van der Waals surface area contributed by atoms with Crippen molar-refractivity contribution in [1.29, 1.82) is 0 Å². The number of ether oxygens (including phenoxy) is 1. The van der Waals surface area contributed by atoms with Gasteiger partial charge in [-0.25, -0.2) is 0 Å². The molecule has 3 heteroatoms. The Kier molecular flexibility index (Phi) is 6.13. The molecule has 1 aromatic rings. The van der Waals surface area contributed by atoms with E-state index in [4.69, 9.17) is 16.3 Å². The van der Waals surface area contributed by atoms with Crippen molar-refractivity contribution in [3.8, 4) is 0 Å². The van der Waals surface area contributed by atoms with E-state index >= 15 is 0 Å². The standard InChI is InChI=1S/C15H24ClNO/c1-5-15(6-2,18-7-3)14(17-4)12-9-8-10-13(16)11-12/h8-11,14,17H,5-7H2,1-4H3. The Morgan fingerprint density at radius 1 is 1.28 bits per heavy atom. The molecule has 0 fully saturated rings. The highest BCUT2D eigenvalue weighted by atomic mass is 35.5. The van der Waals surface area contributed by atoms with Crippen molar-refractivity contribution >= 4 is 11.6 Å². The molecule has 0 aliphatic rings. The lowest BCUT2D eigenvalue weighted by molar-refractivity contribution is -0.0717. The number of likely N-dealkylation sites (N-methyl/N-ethyl adjacent to an activating group) is 1. The summed E-state index contributed by atoms with van der Waals surface area (Å²) < 4.78 is 6.07. The first kappa shape index (κ1) is 15.5. The van der Waals surface area contributed by atoms with Crippen LogP contribution < -0.4 is 5.32 Å². The van der Waals surface area contributed by atoms with Crippen molar-refractivity contribution in [3.63, 3.8) is 0 Å². The maximum absolute atomic E-state index is 6.09. The van der Waals surface area contributed by atoms with Gasteiger partial charge in [0.25, 0.3) is 0 Å². The van der Waals surface area contributed by atoms with E-state index in [0.717, 1.165) is 24.5 Å². The van der Waals surface area contributed by atoms with Crippen LogP contribution in [-0.4, -0.2) is 19.3 Å². The molecule has 0 aromatic heterocycles. The number of nitrogens with one attached hydrogen (secondary N) is 1. The van der Waals surface area contributed by atoms with E-state index in [-0.39, 0.29) is 11.6 Å². The maximum atomic E-state index is 6.09. The minimum atomic E-state index is -0.172. The molecule has 0 amide bonds. The fourth-order valence-electron chi connectivity index (χ4n) is 2.65. The van der Waals surface area contributed by atoms with Crippen molar-refractivity contribution in [2.45, 2.75) is 45.3 Å². The fraction of sp³-hybridized carbons (Fsp3) is 0.600. The SMILES string of the molecule is CCOC(CC)(CC)C(NC)c1cccc(Cl)c1. The summed E-state index contributed by atoms with van der Waals surface area (Å²) in [5, 5.41) is 4.16. The summed E-state index contributed by atoms with van der Waals surface area (Å²) >= 11 is 6.09. The third-order valence-corrected chi connectivity index (χ3v) is 3.86. The van der Waals surface area contributed by atoms with Gasteiger partial charge >= 0.3 is 0 Å². The summed E-state index contributed by atoms with van der Waals surface area (Å²) in [6.07, 6.45) is 1.94. The molecule has 0 saturated carbocycles. The Labute approximate surface area is 116 Å². The molecule has 2 nitrogen and oxygen atoms in total. The molecule has 1 aromatic carbocycles. The van der Waals surface area contributed by atoms with Gasteiger partial charge in [0.2, 0.25) is 0 Å². The largest absolute Gasteiger partial charge is 0.373 e. The zero-order chi connectivity index (χ0) is 13.6. The maximum Gasteiger partial charge on any atom is 0.0870 e. The Hall–Kier alpha value is -0.570. The molecule has 0 radical (unpaired) electrons. The average molecular weight is 270 g/mol. The van der Waals surface area contributed by atoms with Crippen molar-refractivity contribution in [3.05, 3.63) is 34.9 Å². The highest BCUT2D eigenvalue weighted by Gasteiger charge is 2.36. The van der Waals surface area contributed by atoms with E-state index in [1.165, 1.54) is 5.56 Å². The third kappa shape index (κ3) is 3.25. The molecule has 0 heterocycles. The third-order valence-electron chi connectivity index (χ3n) is 3.63. The van der Waals surface area contributed by atoms with Gasteiger partial charge in [-0.05, 0) is 44.5 Å². The predicted octanol–water partition coefficient (Wildman–Crippen LogP) is 4.20. The van der Waals surface area contributed by atoms with E-state index in [2.05, 4.69) is 25.2 Å². The number of halogens is 1. The molecule has 1 rings (SSSR count). The van der Waals surface area contributed by atoms with Gasteiger partial charge in [0.05, 0.1) is 11.6 Å². The quantitative estimate of drug-likeness (QED) is 0.801. The molecule has 0 saturated heterocycles. The van der Waals surface area contributed by atoms with E-state index < -0.39 is 0 Å². The molecular formula is C15H24ClNO. The predicted molar refractivity (Wildman–Crippen MR) is 78.2 cm³/mol. The Morgan fingerprint density at radius 3 is 2.39 bits per heavy atom.